The first-order valence-corrected chi connectivity index (χ1v) is 10.0. The van der Waals surface area contributed by atoms with Crippen LogP contribution in [0.15, 0.2) is 52.3 Å². The molecule has 0 saturated carbocycles. The van der Waals surface area contributed by atoms with Crippen molar-refractivity contribution < 1.29 is 18.7 Å². The number of carbonyl (C=O) groups is 2. The van der Waals surface area contributed by atoms with E-state index in [0.717, 1.165) is 17.3 Å². The number of anilines is 1. The van der Waals surface area contributed by atoms with Crippen molar-refractivity contribution in [1.82, 2.24) is 4.98 Å². The Morgan fingerprint density at radius 2 is 2.04 bits per heavy atom. The third-order valence-electron chi connectivity index (χ3n) is 3.83. The lowest BCUT2D eigenvalue weighted by molar-refractivity contribution is -0.115. The highest BCUT2D eigenvalue weighted by Gasteiger charge is 2.14. The van der Waals surface area contributed by atoms with Gasteiger partial charge in [0.05, 0.1) is 17.7 Å². The number of aryl methyl sites for hydroxylation is 1. The number of thiazole rings is 1. The minimum absolute atomic E-state index is 0.0578. The minimum Gasteiger partial charge on any atom is -0.456 e. The van der Waals surface area contributed by atoms with Crippen molar-refractivity contribution in [3.63, 3.8) is 0 Å². The first-order valence-electron chi connectivity index (χ1n) is 8.33. The average molecular weight is 463 g/mol. The number of halogens is 2. The van der Waals surface area contributed by atoms with Gasteiger partial charge in [-0.15, -0.1) is 11.3 Å². The van der Waals surface area contributed by atoms with Crippen molar-refractivity contribution in [1.29, 1.82) is 0 Å². The SMILES string of the molecule is Cc1ccccc1NC(=O)Cc1nc(COC(=O)c2cc(F)ccc2Br)cs1. The second-order valence-corrected chi connectivity index (χ2v) is 7.77. The first-order chi connectivity index (χ1) is 13.4. The van der Waals surface area contributed by atoms with Crippen molar-refractivity contribution in [3.05, 3.63) is 80.0 Å². The summed E-state index contributed by atoms with van der Waals surface area (Å²) in [6.45, 7) is 1.86. The van der Waals surface area contributed by atoms with Gasteiger partial charge in [-0.25, -0.2) is 14.2 Å². The number of rotatable bonds is 6. The van der Waals surface area contributed by atoms with E-state index in [-0.39, 0.29) is 24.5 Å². The van der Waals surface area contributed by atoms with Gasteiger partial charge in [0.1, 0.15) is 17.4 Å². The fourth-order valence-corrected chi connectivity index (χ4v) is 3.60. The van der Waals surface area contributed by atoms with E-state index in [9.17, 15) is 14.0 Å². The lowest BCUT2D eigenvalue weighted by Crippen LogP contribution is -2.15. The van der Waals surface area contributed by atoms with E-state index in [0.29, 0.717) is 15.2 Å². The molecule has 5 nitrogen and oxygen atoms in total. The normalized spacial score (nSPS) is 10.5. The molecule has 0 radical (unpaired) electrons. The van der Waals surface area contributed by atoms with Crippen LogP contribution < -0.4 is 5.32 Å². The second-order valence-electron chi connectivity index (χ2n) is 5.97. The smallest absolute Gasteiger partial charge is 0.339 e. The van der Waals surface area contributed by atoms with E-state index in [1.807, 2.05) is 31.2 Å². The Morgan fingerprint density at radius 3 is 2.82 bits per heavy atom. The van der Waals surface area contributed by atoms with Crippen molar-refractivity contribution in [2.45, 2.75) is 20.0 Å². The molecule has 0 aliphatic carbocycles. The Bertz CT molecular complexity index is 1020. The standard InChI is InChI=1S/C20H16BrFN2O3S/c1-12-4-2-3-5-17(12)24-18(25)9-19-23-14(11-28-19)10-27-20(26)15-8-13(22)6-7-16(15)21/h2-8,11H,9-10H2,1H3,(H,24,25). The van der Waals surface area contributed by atoms with Crippen LogP contribution in [0.4, 0.5) is 10.1 Å². The Kier molecular flexibility index (Phi) is 6.53. The predicted octanol–water partition coefficient (Wildman–Crippen LogP) is 4.89. The van der Waals surface area contributed by atoms with Crippen LogP contribution in [0, 0.1) is 12.7 Å². The van der Waals surface area contributed by atoms with Gasteiger partial charge in [-0.05, 0) is 52.7 Å². The van der Waals surface area contributed by atoms with E-state index in [1.165, 1.54) is 23.5 Å². The summed E-state index contributed by atoms with van der Waals surface area (Å²) < 4.78 is 18.9. The molecule has 28 heavy (non-hydrogen) atoms. The van der Waals surface area contributed by atoms with E-state index < -0.39 is 11.8 Å². The van der Waals surface area contributed by atoms with Crippen LogP contribution in [0.25, 0.3) is 0 Å². The molecule has 1 aromatic heterocycles. The Balaban J connectivity index is 1.55. The van der Waals surface area contributed by atoms with Crippen LogP contribution in [0.5, 0.6) is 0 Å². The number of para-hydroxylation sites is 1. The summed E-state index contributed by atoms with van der Waals surface area (Å²) in [6, 6.07) is 11.3. The zero-order chi connectivity index (χ0) is 20.1. The molecule has 0 aliphatic heterocycles. The second kappa shape index (κ2) is 9.07. The van der Waals surface area contributed by atoms with E-state index in [1.54, 1.807) is 5.38 Å². The molecule has 0 bridgehead atoms. The molecule has 0 spiro atoms. The summed E-state index contributed by atoms with van der Waals surface area (Å²) in [6.07, 6.45) is 0.127. The number of nitrogens with zero attached hydrogens (tertiary/aromatic N) is 1. The zero-order valence-corrected chi connectivity index (χ0v) is 17.3. The van der Waals surface area contributed by atoms with Gasteiger partial charge in [0.2, 0.25) is 5.91 Å². The number of amides is 1. The van der Waals surface area contributed by atoms with Crippen LogP contribution in [0.1, 0.15) is 26.6 Å². The van der Waals surface area contributed by atoms with Gasteiger partial charge in [-0.2, -0.15) is 0 Å². The summed E-state index contributed by atoms with van der Waals surface area (Å²) in [5.74, 6) is -1.35. The molecule has 1 amide bonds. The van der Waals surface area contributed by atoms with Crippen molar-refractivity contribution >= 4 is 44.8 Å². The van der Waals surface area contributed by atoms with Crippen LogP contribution in [0.2, 0.25) is 0 Å². The summed E-state index contributed by atoms with van der Waals surface area (Å²) in [4.78, 5) is 28.6. The molecule has 0 unspecified atom stereocenters. The molecule has 3 aromatic rings. The number of nitrogens with one attached hydrogen (secondary N) is 1. The molecule has 0 aliphatic rings. The van der Waals surface area contributed by atoms with Gasteiger partial charge in [-0.1, -0.05) is 18.2 Å². The van der Waals surface area contributed by atoms with Gasteiger partial charge in [0.15, 0.2) is 0 Å². The Labute approximate surface area is 173 Å². The van der Waals surface area contributed by atoms with Crippen molar-refractivity contribution in [2.24, 2.45) is 0 Å². The zero-order valence-electron chi connectivity index (χ0n) is 14.9. The molecular formula is C20H16BrFN2O3S. The molecular weight excluding hydrogens is 447 g/mol. The molecule has 0 atom stereocenters. The average Bonchev–Trinajstić information content (AvgIpc) is 3.11. The van der Waals surface area contributed by atoms with Gasteiger partial charge in [-0.3, -0.25) is 4.79 Å². The quantitative estimate of drug-likeness (QED) is 0.529. The first kappa shape index (κ1) is 20.2. The third-order valence-corrected chi connectivity index (χ3v) is 5.42. The molecule has 1 N–H and O–H groups in total. The molecule has 0 saturated heterocycles. The number of hydrogen-bond donors (Lipinski definition) is 1. The minimum atomic E-state index is -0.654. The maximum atomic E-state index is 13.3. The van der Waals surface area contributed by atoms with Gasteiger partial charge in [0, 0.05) is 15.5 Å². The Morgan fingerprint density at radius 1 is 1.25 bits per heavy atom. The number of aromatic nitrogens is 1. The van der Waals surface area contributed by atoms with E-state index >= 15 is 0 Å². The molecule has 144 valence electrons. The van der Waals surface area contributed by atoms with Crippen LogP contribution in [-0.4, -0.2) is 16.9 Å². The highest BCUT2D eigenvalue weighted by Crippen LogP contribution is 2.20. The number of carbonyl (C=O) groups excluding carboxylic acids is 2. The van der Waals surface area contributed by atoms with Crippen LogP contribution >= 0.6 is 27.3 Å². The molecule has 3 rings (SSSR count). The molecule has 1 heterocycles. The van der Waals surface area contributed by atoms with Crippen molar-refractivity contribution in [2.75, 3.05) is 5.32 Å². The number of hydrogen-bond acceptors (Lipinski definition) is 5. The largest absolute Gasteiger partial charge is 0.456 e. The maximum Gasteiger partial charge on any atom is 0.339 e. The number of benzene rings is 2. The lowest BCUT2D eigenvalue weighted by atomic mass is 10.2. The van der Waals surface area contributed by atoms with Gasteiger partial charge in [0.25, 0.3) is 0 Å². The number of ether oxygens (including phenoxy) is 1. The topological polar surface area (TPSA) is 68.3 Å². The highest BCUT2D eigenvalue weighted by molar-refractivity contribution is 9.10. The highest BCUT2D eigenvalue weighted by atomic mass is 79.9. The maximum absolute atomic E-state index is 13.3. The summed E-state index contributed by atoms with van der Waals surface area (Å²) in [5, 5.41) is 5.19. The van der Waals surface area contributed by atoms with Gasteiger partial charge < -0.3 is 10.1 Å². The summed E-state index contributed by atoms with van der Waals surface area (Å²) >= 11 is 4.51. The fraction of sp³-hybridized carbons (Fsp3) is 0.150. The van der Waals surface area contributed by atoms with E-state index in [4.69, 9.17) is 4.74 Å². The molecule has 2 aromatic carbocycles. The lowest BCUT2D eigenvalue weighted by Gasteiger charge is -2.07. The predicted molar refractivity (Wildman–Crippen MR) is 109 cm³/mol. The van der Waals surface area contributed by atoms with Crippen molar-refractivity contribution in [3.8, 4) is 0 Å². The Hall–Kier alpha value is -2.58. The van der Waals surface area contributed by atoms with Crippen LogP contribution in [-0.2, 0) is 22.6 Å². The fourth-order valence-electron chi connectivity index (χ4n) is 2.41. The monoisotopic (exact) mass is 462 g/mol. The summed E-state index contributed by atoms with van der Waals surface area (Å²) in [7, 11) is 0. The molecule has 0 fully saturated rings. The van der Waals surface area contributed by atoms with Crippen LogP contribution in [0.3, 0.4) is 0 Å². The van der Waals surface area contributed by atoms with Gasteiger partial charge >= 0.3 is 5.97 Å². The number of esters is 1. The molecule has 8 heteroatoms. The summed E-state index contributed by atoms with van der Waals surface area (Å²) in [5.41, 5.74) is 2.38. The van der Waals surface area contributed by atoms with E-state index in [2.05, 4.69) is 26.2 Å². The third kappa shape index (κ3) is 5.24.